The topological polar surface area (TPSA) is 84.2 Å². The zero-order chi connectivity index (χ0) is 16.1. The molecule has 1 aromatic heterocycles. The molecule has 0 saturated carbocycles. The Morgan fingerprint density at radius 2 is 2.18 bits per heavy atom. The Morgan fingerprint density at radius 3 is 2.86 bits per heavy atom. The number of fused-ring (bicyclic) bond motifs is 1. The molecular formula is C16H21N3O3. The Bertz CT molecular complexity index is 678. The molecule has 0 aliphatic heterocycles. The van der Waals surface area contributed by atoms with Crippen LogP contribution in [0.1, 0.15) is 31.7 Å². The molecule has 2 N–H and O–H groups in total. The summed E-state index contributed by atoms with van der Waals surface area (Å²) in [5.41, 5.74) is 3.15. The van der Waals surface area contributed by atoms with E-state index in [2.05, 4.69) is 10.3 Å². The van der Waals surface area contributed by atoms with Gasteiger partial charge in [-0.3, -0.25) is 4.79 Å². The lowest BCUT2D eigenvalue weighted by Gasteiger charge is -2.12. The van der Waals surface area contributed by atoms with Gasteiger partial charge in [0.2, 0.25) is 5.91 Å². The van der Waals surface area contributed by atoms with Gasteiger partial charge in [0.05, 0.1) is 17.4 Å². The second-order valence-electron chi connectivity index (χ2n) is 5.40. The van der Waals surface area contributed by atoms with Gasteiger partial charge in [0.25, 0.3) is 0 Å². The number of carbonyl (C=O) groups excluding carboxylic acids is 1. The summed E-state index contributed by atoms with van der Waals surface area (Å²) in [5, 5.41) is 11.4. The molecule has 0 saturated heterocycles. The van der Waals surface area contributed by atoms with Gasteiger partial charge in [-0.05, 0) is 37.0 Å². The lowest BCUT2D eigenvalue weighted by Crippen LogP contribution is -2.40. The molecule has 0 spiro atoms. The molecule has 0 radical (unpaired) electrons. The third kappa shape index (κ3) is 3.84. The summed E-state index contributed by atoms with van der Waals surface area (Å²) in [6.45, 7) is 1.74. The third-order valence-electron chi connectivity index (χ3n) is 3.70. The minimum absolute atomic E-state index is 0.215. The number of hydrogen-bond donors (Lipinski definition) is 2. The average molecular weight is 303 g/mol. The molecule has 0 aliphatic carbocycles. The maximum atomic E-state index is 11.7. The zero-order valence-corrected chi connectivity index (χ0v) is 12.9. The van der Waals surface area contributed by atoms with Crippen LogP contribution in [0.4, 0.5) is 0 Å². The predicted octanol–water partition coefficient (Wildman–Crippen LogP) is 1.88. The Morgan fingerprint density at radius 1 is 1.41 bits per heavy atom. The van der Waals surface area contributed by atoms with Crippen LogP contribution in [-0.2, 0) is 23.1 Å². The number of imidazole rings is 1. The van der Waals surface area contributed by atoms with Gasteiger partial charge < -0.3 is 15.0 Å². The molecule has 1 aromatic carbocycles. The van der Waals surface area contributed by atoms with Crippen LogP contribution in [0.5, 0.6) is 0 Å². The number of carboxylic acid groups (broad SMARTS) is 1. The van der Waals surface area contributed by atoms with Crippen molar-refractivity contribution in [3.63, 3.8) is 0 Å². The smallest absolute Gasteiger partial charge is 0.326 e. The third-order valence-corrected chi connectivity index (χ3v) is 3.70. The van der Waals surface area contributed by atoms with Crippen molar-refractivity contribution >= 4 is 22.9 Å². The summed E-state index contributed by atoms with van der Waals surface area (Å²) in [5.74, 6) is -1.20. The largest absolute Gasteiger partial charge is 0.480 e. The number of carbonyl (C=O) groups is 2. The Balaban J connectivity index is 1.84. The molecule has 22 heavy (non-hydrogen) atoms. The number of benzene rings is 1. The van der Waals surface area contributed by atoms with Crippen LogP contribution >= 0.6 is 0 Å². The highest BCUT2D eigenvalue weighted by Gasteiger charge is 2.16. The van der Waals surface area contributed by atoms with Crippen LogP contribution in [0.3, 0.4) is 0 Å². The van der Waals surface area contributed by atoms with E-state index in [1.165, 1.54) is 0 Å². The maximum absolute atomic E-state index is 11.7. The molecule has 6 heteroatoms. The summed E-state index contributed by atoms with van der Waals surface area (Å²) in [4.78, 5) is 26.9. The van der Waals surface area contributed by atoms with Crippen LogP contribution in [0.25, 0.3) is 11.0 Å². The van der Waals surface area contributed by atoms with E-state index in [1.54, 1.807) is 13.3 Å². The first-order valence-electron chi connectivity index (χ1n) is 7.43. The summed E-state index contributed by atoms with van der Waals surface area (Å²) in [6.07, 6.45) is 3.93. The molecule has 0 aliphatic rings. The first kappa shape index (κ1) is 16.0. The molecule has 118 valence electrons. The fourth-order valence-corrected chi connectivity index (χ4v) is 2.40. The summed E-state index contributed by atoms with van der Waals surface area (Å²) < 4.78 is 1.96. The number of amides is 1. The second kappa shape index (κ2) is 7.06. The minimum atomic E-state index is -0.989. The van der Waals surface area contributed by atoms with E-state index in [0.717, 1.165) is 23.0 Å². The highest BCUT2D eigenvalue weighted by atomic mass is 16.4. The quantitative estimate of drug-likeness (QED) is 0.818. The van der Waals surface area contributed by atoms with Crippen molar-refractivity contribution in [3.8, 4) is 0 Å². The zero-order valence-electron chi connectivity index (χ0n) is 12.9. The van der Waals surface area contributed by atoms with E-state index < -0.39 is 12.0 Å². The van der Waals surface area contributed by atoms with Gasteiger partial charge in [-0.2, -0.15) is 0 Å². The normalized spacial score (nSPS) is 12.3. The number of aliphatic carboxylic acids is 1. The first-order chi connectivity index (χ1) is 10.5. The van der Waals surface area contributed by atoms with E-state index in [1.807, 2.05) is 29.8 Å². The Hall–Kier alpha value is -2.37. The molecule has 2 aromatic rings. The van der Waals surface area contributed by atoms with Crippen molar-refractivity contribution in [2.45, 2.75) is 38.6 Å². The van der Waals surface area contributed by atoms with Crippen LogP contribution in [0, 0.1) is 0 Å². The fourth-order valence-electron chi connectivity index (χ4n) is 2.40. The van der Waals surface area contributed by atoms with Crippen molar-refractivity contribution in [2.75, 3.05) is 0 Å². The van der Waals surface area contributed by atoms with E-state index in [-0.39, 0.29) is 5.91 Å². The Kier molecular flexibility index (Phi) is 5.14. The van der Waals surface area contributed by atoms with Gasteiger partial charge in [-0.1, -0.05) is 13.0 Å². The number of nitrogens with one attached hydrogen (secondary N) is 1. The number of carboxylic acids is 1. The van der Waals surface area contributed by atoms with E-state index in [9.17, 15) is 9.59 Å². The number of hydrogen-bond acceptors (Lipinski definition) is 3. The molecule has 1 heterocycles. The highest BCUT2D eigenvalue weighted by Crippen LogP contribution is 2.15. The van der Waals surface area contributed by atoms with E-state index >= 15 is 0 Å². The van der Waals surface area contributed by atoms with Crippen molar-refractivity contribution in [3.05, 3.63) is 30.1 Å². The molecular weight excluding hydrogens is 282 g/mol. The van der Waals surface area contributed by atoms with Crippen LogP contribution < -0.4 is 5.32 Å². The van der Waals surface area contributed by atoms with E-state index in [4.69, 9.17) is 5.11 Å². The molecule has 1 atom stereocenters. The van der Waals surface area contributed by atoms with Crippen LogP contribution in [-0.4, -0.2) is 32.6 Å². The molecule has 6 nitrogen and oxygen atoms in total. The van der Waals surface area contributed by atoms with Crippen LogP contribution in [0.15, 0.2) is 24.5 Å². The maximum Gasteiger partial charge on any atom is 0.326 e. The lowest BCUT2D eigenvalue weighted by atomic mass is 10.1. The second-order valence-corrected chi connectivity index (χ2v) is 5.40. The van der Waals surface area contributed by atoms with Gasteiger partial charge in [0, 0.05) is 13.5 Å². The molecule has 1 amide bonds. The SMILES string of the molecule is CCC(NC(=O)CCCc1ccc2c(c1)ncn2C)C(=O)O. The minimum Gasteiger partial charge on any atom is -0.480 e. The van der Waals surface area contributed by atoms with Crippen LogP contribution in [0.2, 0.25) is 0 Å². The van der Waals surface area contributed by atoms with E-state index in [0.29, 0.717) is 19.3 Å². The van der Waals surface area contributed by atoms with Gasteiger partial charge in [-0.25, -0.2) is 9.78 Å². The average Bonchev–Trinajstić information content (AvgIpc) is 2.85. The number of rotatable bonds is 7. The Labute approximate surface area is 129 Å². The monoisotopic (exact) mass is 303 g/mol. The van der Waals surface area contributed by atoms with Crippen molar-refractivity contribution in [1.29, 1.82) is 0 Å². The van der Waals surface area contributed by atoms with Gasteiger partial charge in [0.1, 0.15) is 6.04 Å². The highest BCUT2D eigenvalue weighted by molar-refractivity contribution is 5.83. The van der Waals surface area contributed by atoms with Crippen molar-refractivity contribution in [1.82, 2.24) is 14.9 Å². The van der Waals surface area contributed by atoms with Gasteiger partial charge in [-0.15, -0.1) is 0 Å². The molecule has 0 bridgehead atoms. The summed E-state index contributed by atoms with van der Waals surface area (Å²) in [7, 11) is 1.95. The van der Waals surface area contributed by atoms with Crippen molar-refractivity contribution < 1.29 is 14.7 Å². The summed E-state index contributed by atoms with van der Waals surface area (Å²) in [6, 6.07) is 5.29. The van der Waals surface area contributed by atoms with Crippen molar-refractivity contribution in [2.24, 2.45) is 7.05 Å². The standard InChI is InChI=1S/C16H21N3O3/c1-3-12(16(21)22)18-15(20)6-4-5-11-7-8-14-13(9-11)17-10-19(14)2/h7-10,12H,3-6H2,1-2H3,(H,18,20)(H,21,22). The number of nitrogens with zero attached hydrogens (tertiary/aromatic N) is 2. The number of aryl methyl sites for hydroxylation is 2. The lowest BCUT2D eigenvalue weighted by molar-refractivity contribution is -0.141. The predicted molar refractivity (Wildman–Crippen MR) is 83.5 cm³/mol. The van der Waals surface area contributed by atoms with Gasteiger partial charge in [0.15, 0.2) is 0 Å². The first-order valence-corrected chi connectivity index (χ1v) is 7.43. The molecule has 2 rings (SSSR count). The fraction of sp³-hybridized carbons (Fsp3) is 0.438. The van der Waals surface area contributed by atoms with Gasteiger partial charge >= 0.3 is 5.97 Å². The number of aromatic nitrogens is 2. The molecule has 0 fully saturated rings. The molecule has 1 unspecified atom stereocenters. The summed E-state index contributed by atoms with van der Waals surface area (Å²) >= 11 is 0.